The molecule has 0 saturated heterocycles. The van der Waals surface area contributed by atoms with Gasteiger partial charge in [-0.1, -0.05) is 19.9 Å². The van der Waals surface area contributed by atoms with Gasteiger partial charge in [0.25, 0.3) is 5.91 Å². The maximum atomic E-state index is 11.9. The molecule has 1 aromatic carbocycles. The van der Waals surface area contributed by atoms with Gasteiger partial charge in [-0.15, -0.1) is 0 Å². The van der Waals surface area contributed by atoms with Gasteiger partial charge in [0, 0.05) is 11.0 Å². The Kier molecular flexibility index (Phi) is 4.80. The number of hydrogen-bond acceptors (Lipinski definition) is 2. The van der Waals surface area contributed by atoms with E-state index in [1.807, 2.05) is 12.1 Å². The van der Waals surface area contributed by atoms with E-state index in [0.29, 0.717) is 23.8 Å². The summed E-state index contributed by atoms with van der Waals surface area (Å²) in [5.74, 6) is 0.895. The third-order valence-electron chi connectivity index (χ3n) is 2.09. The summed E-state index contributed by atoms with van der Waals surface area (Å²) in [6.45, 7) is 4.76. The minimum atomic E-state index is -0.113. The average molecular weight is 286 g/mol. The van der Waals surface area contributed by atoms with Gasteiger partial charge in [-0.2, -0.15) is 0 Å². The normalized spacial score (nSPS) is 10.3. The zero-order valence-corrected chi connectivity index (χ0v) is 11.3. The fourth-order valence-corrected chi connectivity index (χ4v) is 1.81. The fourth-order valence-electron chi connectivity index (χ4n) is 1.28. The molecule has 0 bridgehead atoms. The largest absolute Gasteiger partial charge is 0.496 e. The molecule has 0 atom stereocenters. The molecule has 0 heterocycles. The van der Waals surface area contributed by atoms with Gasteiger partial charge in [0.1, 0.15) is 5.75 Å². The fraction of sp³-hybridized carbons (Fsp3) is 0.417. The van der Waals surface area contributed by atoms with Gasteiger partial charge in [-0.3, -0.25) is 4.79 Å². The molecule has 0 fully saturated rings. The monoisotopic (exact) mass is 285 g/mol. The molecular weight excluding hydrogens is 270 g/mol. The predicted octanol–water partition coefficient (Wildman–Crippen LogP) is 2.84. The lowest BCUT2D eigenvalue weighted by Gasteiger charge is -2.12. The van der Waals surface area contributed by atoms with Crippen LogP contribution in [0.2, 0.25) is 0 Å². The molecule has 0 saturated carbocycles. The predicted molar refractivity (Wildman–Crippen MR) is 67.9 cm³/mol. The van der Waals surface area contributed by atoms with Gasteiger partial charge in [-0.05, 0) is 34.0 Å². The Balaban J connectivity index is 2.89. The van der Waals surface area contributed by atoms with Crippen molar-refractivity contribution in [1.82, 2.24) is 5.32 Å². The Bertz CT molecular complexity index is 377. The second-order valence-electron chi connectivity index (χ2n) is 3.92. The Morgan fingerprint density at radius 2 is 2.19 bits per heavy atom. The summed E-state index contributed by atoms with van der Waals surface area (Å²) < 4.78 is 5.91. The lowest BCUT2D eigenvalue weighted by Crippen LogP contribution is -2.28. The van der Waals surface area contributed by atoms with E-state index in [9.17, 15) is 4.79 Å². The van der Waals surface area contributed by atoms with E-state index in [-0.39, 0.29) is 5.91 Å². The standard InChI is InChI=1S/C12H16BrNO2/c1-8(2)7-14-12(15)11-9(13)5-4-6-10(11)16-3/h4-6,8H,7H2,1-3H3,(H,14,15). The average Bonchev–Trinajstić information content (AvgIpc) is 2.25. The molecule has 1 amide bonds. The maximum Gasteiger partial charge on any atom is 0.256 e. The van der Waals surface area contributed by atoms with E-state index in [4.69, 9.17) is 4.74 Å². The molecule has 0 aliphatic carbocycles. The zero-order valence-electron chi connectivity index (χ0n) is 9.71. The Hall–Kier alpha value is -1.03. The summed E-state index contributed by atoms with van der Waals surface area (Å²) in [5, 5.41) is 2.86. The van der Waals surface area contributed by atoms with E-state index in [1.165, 1.54) is 0 Å². The summed E-state index contributed by atoms with van der Waals surface area (Å²) in [4.78, 5) is 11.9. The van der Waals surface area contributed by atoms with Crippen molar-refractivity contribution in [3.05, 3.63) is 28.2 Å². The van der Waals surface area contributed by atoms with Crippen molar-refractivity contribution in [3.63, 3.8) is 0 Å². The second kappa shape index (κ2) is 5.89. The van der Waals surface area contributed by atoms with Crippen molar-refractivity contribution in [3.8, 4) is 5.75 Å². The van der Waals surface area contributed by atoms with Crippen LogP contribution in [0.4, 0.5) is 0 Å². The van der Waals surface area contributed by atoms with Gasteiger partial charge in [0.2, 0.25) is 0 Å². The third-order valence-corrected chi connectivity index (χ3v) is 2.75. The van der Waals surface area contributed by atoms with Crippen molar-refractivity contribution in [1.29, 1.82) is 0 Å². The van der Waals surface area contributed by atoms with Gasteiger partial charge >= 0.3 is 0 Å². The number of nitrogens with one attached hydrogen (secondary N) is 1. The molecule has 0 unspecified atom stereocenters. The molecule has 1 N–H and O–H groups in total. The van der Waals surface area contributed by atoms with E-state index in [2.05, 4.69) is 35.1 Å². The molecule has 16 heavy (non-hydrogen) atoms. The van der Waals surface area contributed by atoms with Crippen LogP contribution in [0.5, 0.6) is 5.75 Å². The van der Waals surface area contributed by atoms with Gasteiger partial charge in [0.15, 0.2) is 0 Å². The van der Waals surface area contributed by atoms with E-state index >= 15 is 0 Å². The molecule has 4 heteroatoms. The Morgan fingerprint density at radius 3 is 2.75 bits per heavy atom. The number of carbonyl (C=O) groups excluding carboxylic acids is 1. The highest BCUT2D eigenvalue weighted by atomic mass is 79.9. The molecule has 0 spiro atoms. The van der Waals surface area contributed by atoms with Crippen LogP contribution in [0.3, 0.4) is 0 Å². The van der Waals surface area contributed by atoms with Gasteiger partial charge in [0.05, 0.1) is 12.7 Å². The SMILES string of the molecule is COc1cccc(Br)c1C(=O)NCC(C)C. The molecule has 1 aromatic rings. The van der Waals surface area contributed by atoms with Crippen LogP contribution in [0, 0.1) is 5.92 Å². The highest BCUT2D eigenvalue weighted by Gasteiger charge is 2.15. The number of rotatable bonds is 4. The summed E-state index contributed by atoms with van der Waals surface area (Å²) in [6.07, 6.45) is 0. The molecule has 0 radical (unpaired) electrons. The molecular formula is C12H16BrNO2. The molecule has 3 nitrogen and oxygen atoms in total. The first kappa shape index (κ1) is 13.0. The molecule has 0 aromatic heterocycles. The minimum absolute atomic E-state index is 0.113. The minimum Gasteiger partial charge on any atom is -0.496 e. The zero-order chi connectivity index (χ0) is 12.1. The number of amides is 1. The molecule has 0 aliphatic rings. The maximum absolute atomic E-state index is 11.9. The molecule has 1 rings (SSSR count). The number of hydrogen-bond donors (Lipinski definition) is 1. The highest BCUT2D eigenvalue weighted by molar-refractivity contribution is 9.10. The highest BCUT2D eigenvalue weighted by Crippen LogP contribution is 2.26. The first-order chi connectivity index (χ1) is 7.56. The summed E-state index contributed by atoms with van der Waals surface area (Å²) in [6, 6.07) is 5.43. The van der Waals surface area contributed by atoms with Crippen LogP contribution in [-0.2, 0) is 0 Å². The summed E-state index contributed by atoms with van der Waals surface area (Å²) >= 11 is 3.35. The van der Waals surface area contributed by atoms with Gasteiger partial charge in [-0.25, -0.2) is 0 Å². The van der Waals surface area contributed by atoms with Gasteiger partial charge < -0.3 is 10.1 Å². The van der Waals surface area contributed by atoms with Crippen LogP contribution >= 0.6 is 15.9 Å². The smallest absolute Gasteiger partial charge is 0.256 e. The molecule has 0 aliphatic heterocycles. The van der Waals surface area contributed by atoms with E-state index < -0.39 is 0 Å². The number of carbonyl (C=O) groups is 1. The van der Waals surface area contributed by atoms with Crippen molar-refractivity contribution in [2.75, 3.05) is 13.7 Å². The first-order valence-electron chi connectivity index (χ1n) is 5.17. The van der Waals surface area contributed by atoms with Crippen molar-refractivity contribution < 1.29 is 9.53 Å². The Morgan fingerprint density at radius 1 is 1.50 bits per heavy atom. The number of benzene rings is 1. The van der Waals surface area contributed by atoms with E-state index in [0.717, 1.165) is 4.47 Å². The van der Waals surface area contributed by atoms with Crippen LogP contribution in [0.1, 0.15) is 24.2 Å². The first-order valence-corrected chi connectivity index (χ1v) is 5.96. The number of methoxy groups -OCH3 is 1. The van der Waals surface area contributed by atoms with Crippen LogP contribution < -0.4 is 10.1 Å². The third kappa shape index (κ3) is 3.23. The number of halogens is 1. The second-order valence-corrected chi connectivity index (χ2v) is 4.78. The van der Waals surface area contributed by atoms with Crippen molar-refractivity contribution >= 4 is 21.8 Å². The van der Waals surface area contributed by atoms with Crippen LogP contribution in [0.15, 0.2) is 22.7 Å². The van der Waals surface area contributed by atoms with Crippen molar-refractivity contribution in [2.45, 2.75) is 13.8 Å². The number of ether oxygens (including phenoxy) is 1. The Labute approximate surface area is 104 Å². The lowest BCUT2D eigenvalue weighted by atomic mass is 10.1. The quantitative estimate of drug-likeness (QED) is 0.924. The summed E-state index contributed by atoms with van der Waals surface area (Å²) in [5.41, 5.74) is 0.547. The summed E-state index contributed by atoms with van der Waals surface area (Å²) in [7, 11) is 1.56. The topological polar surface area (TPSA) is 38.3 Å². The van der Waals surface area contributed by atoms with Crippen LogP contribution in [0.25, 0.3) is 0 Å². The van der Waals surface area contributed by atoms with E-state index in [1.54, 1.807) is 13.2 Å². The van der Waals surface area contributed by atoms with Crippen LogP contribution in [-0.4, -0.2) is 19.6 Å². The lowest BCUT2D eigenvalue weighted by molar-refractivity contribution is 0.0945. The van der Waals surface area contributed by atoms with Crippen molar-refractivity contribution in [2.24, 2.45) is 5.92 Å². The molecule has 88 valence electrons.